The molecule has 0 radical (unpaired) electrons. The average molecular weight is 288 g/mol. The highest BCUT2D eigenvalue weighted by molar-refractivity contribution is 5.77. The van der Waals surface area contributed by atoms with Crippen molar-refractivity contribution in [2.75, 3.05) is 20.3 Å². The molecule has 0 saturated heterocycles. The molecule has 2 N–H and O–H groups in total. The van der Waals surface area contributed by atoms with E-state index in [4.69, 9.17) is 15.9 Å². The van der Waals surface area contributed by atoms with E-state index < -0.39 is 0 Å². The fraction of sp³-hybridized carbons (Fsp3) is 0.438. The number of hydrogen-bond acceptors (Lipinski definition) is 4. The molecule has 0 spiro atoms. The fourth-order valence-electron chi connectivity index (χ4n) is 1.83. The van der Waals surface area contributed by atoms with E-state index in [1.54, 1.807) is 13.2 Å². The Kier molecular flexibility index (Phi) is 5.47. The zero-order valence-corrected chi connectivity index (χ0v) is 12.1. The Bertz CT molecular complexity index is 533. The Hall–Kier alpha value is -2.19. The molecule has 1 amide bonds. The highest BCUT2D eigenvalue weighted by atomic mass is 16.5. The van der Waals surface area contributed by atoms with E-state index in [-0.39, 0.29) is 19.1 Å². The summed E-state index contributed by atoms with van der Waals surface area (Å²) in [4.78, 5) is 11.5. The van der Waals surface area contributed by atoms with Gasteiger partial charge in [-0.25, -0.2) is 0 Å². The SMILES string of the molecule is C#CCNC(=O)COc1cc(OC)ccc1CNC1CC1. The van der Waals surface area contributed by atoms with Gasteiger partial charge in [-0.15, -0.1) is 6.42 Å². The molecule has 0 bridgehead atoms. The minimum atomic E-state index is -0.239. The third-order valence-electron chi connectivity index (χ3n) is 3.18. The molecule has 0 aliphatic heterocycles. The fourth-order valence-corrected chi connectivity index (χ4v) is 1.83. The second-order valence-electron chi connectivity index (χ2n) is 4.90. The minimum absolute atomic E-state index is 0.0642. The molecule has 1 aromatic rings. The van der Waals surface area contributed by atoms with Crippen molar-refractivity contribution >= 4 is 5.91 Å². The maximum Gasteiger partial charge on any atom is 0.258 e. The lowest BCUT2D eigenvalue weighted by Crippen LogP contribution is -2.29. The van der Waals surface area contributed by atoms with Gasteiger partial charge in [-0.05, 0) is 18.9 Å². The molecular weight excluding hydrogens is 268 g/mol. The van der Waals surface area contributed by atoms with Crippen LogP contribution in [0.15, 0.2) is 18.2 Å². The molecule has 5 nitrogen and oxygen atoms in total. The Morgan fingerprint density at radius 2 is 2.29 bits per heavy atom. The monoisotopic (exact) mass is 288 g/mol. The summed E-state index contributed by atoms with van der Waals surface area (Å²) in [6.07, 6.45) is 7.54. The summed E-state index contributed by atoms with van der Waals surface area (Å²) >= 11 is 0. The van der Waals surface area contributed by atoms with Crippen LogP contribution in [-0.4, -0.2) is 32.2 Å². The molecule has 2 rings (SSSR count). The zero-order valence-electron chi connectivity index (χ0n) is 12.1. The van der Waals surface area contributed by atoms with Gasteiger partial charge in [-0.3, -0.25) is 4.79 Å². The van der Waals surface area contributed by atoms with Gasteiger partial charge in [0.05, 0.1) is 13.7 Å². The van der Waals surface area contributed by atoms with Gasteiger partial charge in [-0.1, -0.05) is 12.0 Å². The van der Waals surface area contributed by atoms with Crippen LogP contribution in [0.3, 0.4) is 0 Å². The van der Waals surface area contributed by atoms with Gasteiger partial charge in [0.2, 0.25) is 0 Å². The van der Waals surface area contributed by atoms with Crippen LogP contribution in [0.2, 0.25) is 0 Å². The van der Waals surface area contributed by atoms with Crippen molar-refractivity contribution in [1.82, 2.24) is 10.6 Å². The molecule has 0 aromatic heterocycles. The van der Waals surface area contributed by atoms with E-state index in [1.165, 1.54) is 12.8 Å². The van der Waals surface area contributed by atoms with Gasteiger partial charge < -0.3 is 20.1 Å². The number of hydrogen-bond donors (Lipinski definition) is 2. The number of terminal acetylenes is 1. The summed E-state index contributed by atoms with van der Waals surface area (Å²) in [5, 5.41) is 5.99. The standard InChI is InChI=1S/C16H20N2O3/c1-3-8-17-16(19)11-21-15-9-14(20-2)7-4-12(15)10-18-13-5-6-13/h1,4,7,9,13,18H,5-6,8,10-11H2,2H3,(H,17,19). The maximum absolute atomic E-state index is 11.5. The van der Waals surface area contributed by atoms with E-state index in [0.29, 0.717) is 17.5 Å². The molecular formula is C16H20N2O3. The molecule has 112 valence electrons. The predicted molar refractivity (Wildman–Crippen MR) is 80.2 cm³/mol. The summed E-state index contributed by atoms with van der Waals surface area (Å²) in [6.45, 7) is 0.859. The molecule has 0 atom stereocenters. The van der Waals surface area contributed by atoms with Crippen LogP contribution in [-0.2, 0) is 11.3 Å². The topological polar surface area (TPSA) is 59.6 Å². The summed E-state index contributed by atoms with van der Waals surface area (Å²) in [5.74, 6) is 3.46. The quantitative estimate of drug-likeness (QED) is 0.703. The van der Waals surface area contributed by atoms with E-state index in [1.807, 2.05) is 12.1 Å². The van der Waals surface area contributed by atoms with Crippen LogP contribution in [0.4, 0.5) is 0 Å². The van der Waals surface area contributed by atoms with Crippen LogP contribution >= 0.6 is 0 Å². The van der Waals surface area contributed by atoms with Gasteiger partial charge in [0.15, 0.2) is 6.61 Å². The van der Waals surface area contributed by atoms with Crippen molar-refractivity contribution in [3.8, 4) is 23.8 Å². The summed E-state index contributed by atoms with van der Waals surface area (Å²) in [7, 11) is 1.60. The third kappa shape index (κ3) is 5.01. The second-order valence-corrected chi connectivity index (χ2v) is 4.90. The first-order chi connectivity index (χ1) is 10.2. The molecule has 1 aliphatic carbocycles. The van der Waals surface area contributed by atoms with E-state index in [2.05, 4.69) is 16.6 Å². The van der Waals surface area contributed by atoms with Crippen LogP contribution in [0, 0.1) is 12.3 Å². The minimum Gasteiger partial charge on any atom is -0.497 e. The maximum atomic E-state index is 11.5. The van der Waals surface area contributed by atoms with Crippen molar-refractivity contribution in [3.05, 3.63) is 23.8 Å². The molecule has 1 aromatic carbocycles. The number of carbonyl (C=O) groups is 1. The van der Waals surface area contributed by atoms with Gasteiger partial charge in [0, 0.05) is 24.2 Å². The summed E-state index contributed by atoms with van der Waals surface area (Å²) in [6, 6.07) is 6.23. The highest BCUT2D eigenvalue weighted by Crippen LogP contribution is 2.26. The molecule has 21 heavy (non-hydrogen) atoms. The molecule has 1 aliphatic rings. The van der Waals surface area contributed by atoms with Gasteiger partial charge in [-0.2, -0.15) is 0 Å². The first kappa shape index (κ1) is 15.2. The number of methoxy groups -OCH3 is 1. The Balaban J connectivity index is 1.96. The van der Waals surface area contributed by atoms with Crippen LogP contribution < -0.4 is 20.1 Å². The molecule has 0 unspecified atom stereocenters. The van der Waals surface area contributed by atoms with E-state index in [0.717, 1.165) is 12.1 Å². The van der Waals surface area contributed by atoms with E-state index >= 15 is 0 Å². The summed E-state index contributed by atoms with van der Waals surface area (Å²) in [5.41, 5.74) is 1.01. The molecule has 1 fully saturated rings. The van der Waals surface area contributed by atoms with Crippen molar-refractivity contribution in [2.24, 2.45) is 0 Å². The highest BCUT2D eigenvalue weighted by Gasteiger charge is 2.20. The van der Waals surface area contributed by atoms with Crippen molar-refractivity contribution in [2.45, 2.75) is 25.4 Å². The molecule has 5 heteroatoms. The number of carbonyl (C=O) groups excluding carboxylic acids is 1. The third-order valence-corrected chi connectivity index (χ3v) is 3.18. The van der Waals surface area contributed by atoms with Gasteiger partial charge in [0.25, 0.3) is 5.91 Å². The smallest absolute Gasteiger partial charge is 0.258 e. The van der Waals surface area contributed by atoms with Crippen molar-refractivity contribution < 1.29 is 14.3 Å². The summed E-state index contributed by atoms with van der Waals surface area (Å²) < 4.78 is 10.8. The largest absolute Gasteiger partial charge is 0.497 e. The second kappa shape index (κ2) is 7.55. The van der Waals surface area contributed by atoms with E-state index in [9.17, 15) is 4.79 Å². The predicted octanol–water partition coefficient (Wildman–Crippen LogP) is 1.08. The van der Waals surface area contributed by atoms with Crippen LogP contribution in [0.1, 0.15) is 18.4 Å². The Morgan fingerprint density at radius 3 is 2.95 bits per heavy atom. The van der Waals surface area contributed by atoms with Crippen LogP contribution in [0.25, 0.3) is 0 Å². The number of rotatable bonds is 8. The van der Waals surface area contributed by atoms with Gasteiger partial charge in [0.1, 0.15) is 11.5 Å². The number of benzene rings is 1. The normalized spacial score (nSPS) is 13.3. The zero-order chi connectivity index (χ0) is 15.1. The molecule has 1 saturated carbocycles. The first-order valence-corrected chi connectivity index (χ1v) is 6.96. The lowest BCUT2D eigenvalue weighted by Gasteiger charge is -2.13. The number of ether oxygens (including phenoxy) is 2. The number of nitrogens with one attached hydrogen (secondary N) is 2. The Labute approximate surface area is 125 Å². The molecule has 0 heterocycles. The average Bonchev–Trinajstić information content (AvgIpc) is 3.33. The van der Waals surface area contributed by atoms with Gasteiger partial charge >= 0.3 is 0 Å². The number of amides is 1. The van der Waals surface area contributed by atoms with Crippen LogP contribution in [0.5, 0.6) is 11.5 Å². The van der Waals surface area contributed by atoms with Crippen molar-refractivity contribution in [1.29, 1.82) is 0 Å². The first-order valence-electron chi connectivity index (χ1n) is 6.96. The lowest BCUT2D eigenvalue weighted by molar-refractivity contribution is -0.122. The lowest BCUT2D eigenvalue weighted by atomic mass is 10.2. The van der Waals surface area contributed by atoms with Crippen molar-refractivity contribution in [3.63, 3.8) is 0 Å². The Morgan fingerprint density at radius 1 is 1.48 bits per heavy atom.